The van der Waals surface area contributed by atoms with Gasteiger partial charge < -0.3 is 10.2 Å². The molecule has 0 aromatic heterocycles. The van der Waals surface area contributed by atoms with E-state index in [-0.39, 0.29) is 18.5 Å². The number of amides is 1. The standard InChI is InChI=1S/C21H24ClF2N3O/c1-15(19-7-6-18(23)12-20(19)24)25-13-21(28)27-10-8-26(9-11-27)14-16-2-4-17(22)5-3-16/h2-7,12,15,25H,8-11,13-14H2,1H3/t15-/m1/s1. The molecule has 0 bridgehead atoms. The van der Waals surface area contributed by atoms with Gasteiger partial charge in [-0.1, -0.05) is 29.8 Å². The van der Waals surface area contributed by atoms with Crippen molar-refractivity contribution in [1.82, 2.24) is 15.1 Å². The van der Waals surface area contributed by atoms with Gasteiger partial charge in [-0.15, -0.1) is 0 Å². The number of nitrogens with zero attached hydrogens (tertiary/aromatic N) is 2. The molecule has 1 aliphatic rings. The lowest BCUT2D eigenvalue weighted by Gasteiger charge is -2.35. The Morgan fingerprint density at radius 3 is 2.43 bits per heavy atom. The van der Waals surface area contributed by atoms with Crippen molar-refractivity contribution in [3.63, 3.8) is 0 Å². The Kier molecular flexibility index (Phi) is 6.99. The van der Waals surface area contributed by atoms with E-state index >= 15 is 0 Å². The van der Waals surface area contributed by atoms with Crippen LogP contribution in [-0.4, -0.2) is 48.4 Å². The van der Waals surface area contributed by atoms with Crippen LogP contribution in [0.1, 0.15) is 24.1 Å². The van der Waals surface area contributed by atoms with Crippen LogP contribution in [0.5, 0.6) is 0 Å². The molecule has 1 amide bonds. The Hall–Kier alpha value is -2.02. The van der Waals surface area contributed by atoms with E-state index in [0.29, 0.717) is 18.7 Å². The molecule has 2 aromatic carbocycles. The minimum Gasteiger partial charge on any atom is -0.339 e. The first kappa shape index (κ1) is 20.7. The summed E-state index contributed by atoms with van der Waals surface area (Å²) in [5.74, 6) is -1.23. The highest BCUT2D eigenvalue weighted by Crippen LogP contribution is 2.18. The molecular weight excluding hydrogens is 384 g/mol. The molecule has 0 radical (unpaired) electrons. The van der Waals surface area contributed by atoms with Crippen LogP contribution in [-0.2, 0) is 11.3 Å². The van der Waals surface area contributed by atoms with E-state index in [1.807, 2.05) is 29.2 Å². The zero-order chi connectivity index (χ0) is 20.1. The lowest BCUT2D eigenvalue weighted by Crippen LogP contribution is -2.50. The van der Waals surface area contributed by atoms with Crippen LogP contribution in [0.2, 0.25) is 5.02 Å². The monoisotopic (exact) mass is 407 g/mol. The smallest absolute Gasteiger partial charge is 0.236 e. The van der Waals surface area contributed by atoms with Crippen molar-refractivity contribution in [2.45, 2.75) is 19.5 Å². The van der Waals surface area contributed by atoms with Crippen molar-refractivity contribution in [1.29, 1.82) is 0 Å². The Balaban J connectivity index is 1.44. The lowest BCUT2D eigenvalue weighted by atomic mass is 10.1. The minimum absolute atomic E-state index is 0.0134. The fourth-order valence-electron chi connectivity index (χ4n) is 3.32. The fraction of sp³-hybridized carbons (Fsp3) is 0.381. The number of nitrogens with one attached hydrogen (secondary N) is 1. The largest absolute Gasteiger partial charge is 0.339 e. The zero-order valence-electron chi connectivity index (χ0n) is 15.8. The van der Waals surface area contributed by atoms with E-state index in [0.717, 1.165) is 30.7 Å². The molecule has 150 valence electrons. The third kappa shape index (κ3) is 5.50. The second-order valence-corrected chi connectivity index (χ2v) is 7.49. The summed E-state index contributed by atoms with van der Waals surface area (Å²) in [4.78, 5) is 16.6. The average molecular weight is 408 g/mol. The summed E-state index contributed by atoms with van der Waals surface area (Å²) in [6.45, 7) is 5.63. The number of piperazine rings is 1. The summed E-state index contributed by atoms with van der Waals surface area (Å²) < 4.78 is 26.9. The molecule has 1 N–H and O–H groups in total. The number of hydrogen-bond acceptors (Lipinski definition) is 3. The minimum atomic E-state index is -0.610. The number of carbonyl (C=O) groups excluding carboxylic acids is 1. The third-order valence-corrected chi connectivity index (χ3v) is 5.28. The summed E-state index contributed by atoms with van der Waals surface area (Å²) >= 11 is 5.91. The van der Waals surface area contributed by atoms with Crippen LogP contribution in [0.15, 0.2) is 42.5 Å². The molecule has 0 aliphatic carbocycles. The van der Waals surface area contributed by atoms with Gasteiger partial charge in [0.1, 0.15) is 11.6 Å². The van der Waals surface area contributed by atoms with Gasteiger partial charge in [0.05, 0.1) is 6.54 Å². The quantitative estimate of drug-likeness (QED) is 0.794. The van der Waals surface area contributed by atoms with Gasteiger partial charge >= 0.3 is 0 Å². The molecule has 1 saturated heterocycles. The second kappa shape index (κ2) is 9.45. The van der Waals surface area contributed by atoms with Crippen molar-refractivity contribution in [3.8, 4) is 0 Å². The molecule has 4 nitrogen and oxygen atoms in total. The third-order valence-electron chi connectivity index (χ3n) is 5.03. The van der Waals surface area contributed by atoms with Crippen LogP contribution in [0.4, 0.5) is 8.78 Å². The maximum atomic E-state index is 13.8. The van der Waals surface area contributed by atoms with Gasteiger partial charge in [0, 0.05) is 55.4 Å². The summed E-state index contributed by atoms with van der Waals surface area (Å²) in [6.07, 6.45) is 0. The van der Waals surface area contributed by atoms with Crippen molar-refractivity contribution in [3.05, 3.63) is 70.2 Å². The number of carbonyl (C=O) groups is 1. The summed E-state index contributed by atoms with van der Waals surface area (Å²) in [5.41, 5.74) is 1.54. The van der Waals surface area contributed by atoms with Gasteiger partial charge in [0.2, 0.25) is 5.91 Å². The Labute approximate surface area is 169 Å². The number of benzene rings is 2. The Morgan fingerprint density at radius 1 is 1.11 bits per heavy atom. The Morgan fingerprint density at radius 2 is 1.79 bits per heavy atom. The molecule has 1 aliphatic heterocycles. The van der Waals surface area contributed by atoms with E-state index < -0.39 is 11.6 Å². The van der Waals surface area contributed by atoms with Gasteiger partial charge in [-0.25, -0.2) is 8.78 Å². The van der Waals surface area contributed by atoms with Crippen molar-refractivity contribution < 1.29 is 13.6 Å². The first-order valence-electron chi connectivity index (χ1n) is 9.35. The summed E-state index contributed by atoms with van der Waals surface area (Å²) in [6, 6.07) is 10.9. The van der Waals surface area contributed by atoms with Gasteiger partial charge in [0.15, 0.2) is 0 Å². The molecule has 0 unspecified atom stereocenters. The van der Waals surface area contributed by atoms with Gasteiger partial charge in [-0.05, 0) is 30.7 Å². The second-order valence-electron chi connectivity index (χ2n) is 7.05. The molecule has 3 rings (SSSR count). The van der Waals surface area contributed by atoms with E-state index in [2.05, 4.69) is 10.2 Å². The molecule has 1 atom stereocenters. The normalized spacial score (nSPS) is 16.2. The van der Waals surface area contributed by atoms with E-state index in [1.165, 1.54) is 17.7 Å². The van der Waals surface area contributed by atoms with Crippen molar-refractivity contribution in [2.24, 2.45) is 0 Å². The maximum absolute atomic E-state index is 13.8. The predicted octanol–water partition coefficient (Wildman–Crippen LogP) is 3.61. The van der Waals surface area contributed by atoms with Gasteiger partial charge in [0.25, 0.3) is 0 Å². The highest BCUT2D eigenvalue weighted by atomic mass is 35.5. The zero-order valence-corrected chi connectivity index (χ0v) is 16.6. The van der Waals surface area contributed by atoms with Gasteiger partial charge in [-0.3, -0.25) is 9.69 Å². The number of halogens is 3. The maximum Gasteiger partial charge on any atom is 0.236 e. The highest BCUT2D eigenvalue weighted by molar-refractivity contribution is 6.30. The predicted molar refractivity (Wildman–Crippen MR) is 106 cm³/mol. The van der Waals surface area contributed by atoms with E-state index in [1.54, 1.807) is 6.92 Å². The molecule has 0 spiro atoms. The molecule has 1 fully saturated rings. The molecule has 0 saturated carbocycles. The van der Waals surface area contributed by atoms with Gasteiger partial charge in [-0.2, -0.15) is 0 Å². The van der Waals surface area contributed by atoms with Crippen LogP contribution < -0.4 is 5.32 Å². The topological polar surface area (TPSA) is 35.6 Å². The van der Waals surface area contributed by atoms with Crippen LogP contribution in [0.3, 0.4) is 0 Å². The van der Waals surface area contributed by atoms with Crippen LogP contribution in [0, 0.1) is 11.6 Å². The van der Waals surface area contributed by atoms with Crippen molar-refractivity contribution in [2.75, 3.05) is 32.7 Å². The fourth-order valence-corrected chi connectivity index (χ4v) is 3.44. The molecule has 28 heavy (non-hydrogen) atoms. The first-order valence-corrected chi connectivity index (χ1v) is 9.73. The molecule has 7 heteroatoms. The molecule has 2 aromatic rings. The molecule has 1 heterocycles. The number of hydrogen-bond donors (Lipinski definition) is 1. The first-order chi connectivity index (χ1) is 13.4. The SMILES string of the molecule is C[C@@H](NCC(=O)N1CCN(Cc2ccc(Cl)cc2)CC1)c1ccc(F)cc1F. The highest BCUT2D eigenvalue weighted by Gasteiger charge is 2.22. The Bertz CT molecular complexity index is 808. The lowest BCUT2D eigenvalue weighted by molar-refractivity contribution is -0.132. The average Bonchev–Trinajstić information content (AvgIpc) is 2.68. The number of rotatable bonds is 6. The summed E-state index contributed by atoms with van der Waals surface area (Å²) in [5, 5.41) is 3.76. The van der Waals surface area contributed by atoms with E-state index in [4.69, 9.17) is 11.6 Å². The van der Waals surface area contributed by atoms with E-state index in [9.17, 15) is 13.6 Å². The van der Waals surface area contributed by atoms with Crippen molar-refractivity contribution >= 4 is 17.5 Å². The van der Waals surface area contributed by atoms with Crippen LogP contribution >= 0.6 is 11.6 Å². The van der Waals surface area contributed by atoms with Crippen LogP contribution in [0.25, 0.3) is 0 Å². The molecular formula is C21H24ClF2N3O. The summed E-state index contributed by atoms with van der Waals surface area (Å²) in [7, 11) is 0.